The lowest BCUT2D eigenvalue weighted by Gasteiger charge is -2.25. The summed E-state index contributed by atoms with van der Waals surface area (Å²) < 4.78 is 15.1. The summed E-state index contributed by atoms with van der Waals surface area (Å²) in [6.07, 6.45) is -1.76. The number of hydrogen-bond donors (Lipinski definition) is 1. The Hall–Kier alpha value is -1.30. The fraction of sp³-hybridized carbons (Fsp3) is 0.846. The van der Waals surface area contributed by atoms with Gasteiger partial charge in [-0.05, 0) is 48.1 Å². The Morgan fingerprint density at radius 3 is 1.84 bits per heavy atom. The summed E-state index contributed by atoms with van der Waals surface area (Å²) in [6.45, 7) is 10.5. The first-order valence-corrected chi connectivity index (χ1v) is 6.27. The topological polar surface area (TPSA) is 87.9 Å². The molecule has 0 aliphatic heterocycles. The monoisotopic (exact) mass is 275 g/mol. The molecule has 0 saturated heterocycles. The minimum absolute atomic E-state index is 0.189. The van der Waals surface area contributed by atoms with Gasteiger partial charge in [0.2, 0.25) is 6.10 Å². The van der Waals surface area contributed by atoms with E-state index >= 15 is 0 Å². The Balaban J connectivity index is 4.57. The normalized spacial score (nSPS) is 13.6. The summed E-state index contributed by atoms with van der Waals surface area (Å²) in [5, 5.41) is 0. The van der Waals surface area contributed by atoms with E-state index in [0.29, 0.717) is 0 Å². The standard InChI is InChI=1S/C13H25NO5/c1-12(2,3)18-10(15)9(7-8-14)17-11(16)19-13(4,5)6/h9H,7-8,14H2,1-6H3. The van der Waals surface area contributed by atoms with Gasteiger partial charge in [-0.1, -0.05) is 0 Å². The summed E-state index contributed by atoms with van der Waals surface area (Å²) in [4.78, 5) is 23.4. The molecule has 0 aliphatic rings. The molecule has 0 saturated carbocycles. The summed E-state index contributed by atoms with van der Waals surface area (Å²) in [5.74, 6) is -0.621. The van der Waals surface area contributed by atoms with Crippen LogP contribution in [0.1, 0.15) is 48.0 Å². The van der Waals surface area contributed by atoms with E-state index in [1.807, 2.05) is 0 Å². The van der Waals surface area contributed by atoms with Crippen LogP contribution in [-0.2, 0) is 19.0 Å². The van der Waals surface area contributed by atoms with Crippen LogP contribution in [0.25, 0.3) is 0 Å². The van der Waals surface area contributed by atoms with Gasteiger partial charge in [-0.2, -0.15) is 0 Å². The van der Waals surface area contributed by atoms with Gasteiger partial charge >= 0.3 is 12.1 Å². The molecule has 6 nitrogen and oxygen atoms in total. The van der Waals surface area contributed by atoms with Crippen LogP contribution in [-0.4, -0.2) is 36.0 Å². The largest absolute Gasteiger partial charge is 0.509 e. The third kappa shape index (κ3) is 9.30. The molecule has 0 bridgehead atoms. The van der Waals surface area contributed by atoms with E-state index in [9.17, 15) is 9.59 Å². The van der Waals surface area contributed by atoms with Crippen molar-refractivity contribution in [3.63, 3.8) is 0 Å². The number of carbonyl (C=O) groups is 2. The van der Waals surface area contributed by atoms with E-state index in [1.54, 1.807) is 41.5 Å². The molecule has 1 unspecified atom stereocenters. The van der Waals surface area contributed by atoms with Gasteiger partial charge in [0.15, 0.2) is 0 Å². The third-order valence-electron chi connectivity index (χ3n) is 1.73. The second-order valence-electron chi connectivity index (χ2n) is 6.18. The van der Waals surface area contributed by atoms with Crippen molar-refractivity contribution in [1.29, 1.82) is 0 Å². The summed E-state index contributed by atoms with van der Waals surface area (Å²) in [5.41, 5.74) is 4.06. The van der Waals surface area contributed by atoms with Gasteiger partial charge in [-0.15, -0.1) is 0 Å². The molecule has 0 amide bonds. The zero-order chi connectivity index (χ0) is 15.3. The zero-order valence-corrected chi connectivity index (χ0v) is 12.6. The fourth-order valence-electron chi connectivity index (χ4n) is 1.13. The van der Waals surface area contributed by atoms with Gasteiger partial charge in [0.05, 0.1) is 0 Å². The Bertz CT molecular complexity index is 314. The van der Waals surface area contributed by atoms with E-state index in [4.69, 9.17) is 19.9 Å². The van der Waals surface area contributed by atoms with Gasteiger partial charge in [0.1, 0.15) is 11.2 Å². The van der Waals surface area contributed by atoms with Crippen LogP contribution in [0.2, 0.25) is 0 Å². The Kier molecular flexibility index (Phi) is 6.29. The SMILES string of the molecule is CC(C)(C)OC(=O)OC(CCN)C(=O)OC(C)(C)C. The van der Waals surface area contributed by atoms with Gasteiger partial charge in [-0.3, -0.25) is 0 Å². The fourth-order valence-corrected chi connectivity index (χ4v) is 1.13. The molecule has 0 aromatic rings. The van der Waals surface area contributed by atoms with E-state index in [1.165, 1.54) is 0 Å². The van der Waals surface area contributed by atoms with Crippen molar-refractivity contribution in [3.8, 4) is 0 Å². The molecular weight excluding hydrogens is 250 g/mol. The smallest absolute Gasteiger partial charge is 0.457 e. The quantitative estimate of drug-likeness (QED) is 0.789. The number of nitrogens with two attached hydrogens (primary N) is 1. The number of esters is 1. The number of rotatable bonds is 4. The molecule has 0 radical (unpaired) electrons. The number of carbonyl (C=O) groups excluding carboxylic acids is 2. The minimum atomic E-state index is -1.04. The maximum atomic E-state index is 11.8. The van der Waals surface area contributed by atoms with Crippen molar-refractivity contribution in [2.75, 3.05) is 6.54 Å². The summed E-state index contributed by atoms with van der Waals surface area (Å²) in [6, 6.07) is 0. The van der Waals surface area contributed by atoms with Gasteiger partial charge in [0.25, 0.3) is 0 Å². The highest BCUT2D eigenvalue weighted by molar-refractivity contribution is 5.77. The molecule has 19 heavy (non-hydrogen) atoms. The Labute approximate surface area is 114 Å². The Morgan fingerprint density at radius 2 is 1.47 bits per heavy atom. The van der Waals surface area contributed by atoms with Crippen molar-refractivity contribution in [2.24, 2.45) is 5.73 Å². The van der Waals surface area contributed by atoms with Crippen molar-refractivity contribution in [2.45, 2.75) is 65.3 Å². The lowest BCUT2D eigenvalue weighted by Crippen LogP contribution is -2.37. The van der Waals surface area contributed by atoms with Crippen molar-refractivity contribution >= 4 is 12.1 Å². The van der Waals surface area contributed by atoms with E-state index in [2.05, 4.69) is 0 Å². The Morgan fingerprint density at radius 1 is 1.00 bits per heavy atom. The van der Waals surface area contributed by atoms with Crippen LogP contribution in [0.4, 0.5) is 4.79 Å². The molecule has 1 atom stereocenters. The highest BCUT2D eigenvalue weighted by Crippen LogP contribution is 2.14. The first kappa shape index (κ1) is 17.7. The summed E-state index contributed by atoms with van der Waals surface area (Å²) >= 11 is 0. The molecule has 0 aromatic heterocycles. The zero-order valence-electron chi connectivity index (χ0n) is 12.6. The van der Waals surface area contributed by atoms with Crippen LogP contribution < -0.4 is 5.73 Å². The van der Waals surface area contributed by atoms with E-state index < -0.39 is 29.4 Å². The van der Waals surface area contributed by atoms with Crippen LogP contribution in [0, 0.1) is 0 Å². The van der Waals surface area contributed by atoms with Crippen molar-refractivity contribution in [1.82, 2.24) is 0 Å². The molecular formula is C13H25NO5. The molecule has 0 aliphatic carbocycles. The molecule has 6 heteroatoms. The number of hydrogen-bond acceptors (Lipinski definition) is 6. The second kappa shape index (κ2) is 6.75. The molecule has 0 rings (SSSR count). The van der Waals surface area contributed by atoms with Crippen molar-refractivity contribution in [3.05, 3.63) is 0 Å². The maximum Gasteiger partial charge on any atom is 0.509 e. The van der Waals surface area contributed by atoms with Gasteiger partial charge in [-0.25, -0.2) is 9.59 Å². The van der Waals surface area contributed by atoms with Gasteiger partial charge in [0, 0.05) is 6.42 Å². The summed E-state index contributed by atoms with van der Waals surface area (Å²) in [7, 11) is 0. The van der Waals surface area contributed by atoms with Crippen LogP contribution in [0.3, 0.4) is 0 Å². The number of ether oxygens (including phenoxy) is 3. The molecule has 0 heterocycles. The highest BCUT2D eigenvalue weighted by Gasteiger charge is 2.29. The molecule has 0 spiro atoms. The second-order valence-corrected chi connectivity index (χ2v) is 6.18. The van der Waals surface area contributed by atoms with E-state index in [0.717, 1.165) is 0 Å². The van der Waals surface area contributed by atoms with E-state index in [-0.39, 0.29) is 13.0 Å². The lowest BCUT2D eigenvalue weighted by atomic mass is 10.2. The predicted octanol–water partition coefficient (Wildman–Crippen LogP) is 2.00. The van der Waals surface area contributed by atoms with Crippen LogP contribution in [0.15, 0.2) is 0 Å². The van der Waals surface area contributed by atoms with Gasteiger partial charge < -0.3 is 19.9 Å². The van der Waals surface area contributed by atoms with Crippen LogP contribution >= 0.6 is 0 Å². The third-order valence-corrected chi connectivity index (χ3v) is 1.73. The maximum absolute atomic E-state index is 11.8. The average molecular weight is 275 g/mol. The molecule has 2 N–H and O–H groups in total. The van der Waals surface area contributed by atoms with Crippen LogP contribution in [0.5, 0.6) is 0 Å². The van der Waals surface area contributed by atoms with Crippen molar-refractivity contribution < 1.29 is 23.8 Å². The highest BCUT2D eigenvalue weighted by atomic mass is 16.7. The first-order valence-electron chi connectivity index (χ1n) is 6.27. The lowest BCUT2D eigenvalue weighted by molar-refractivity contribution is -0.167. The average Bonchev–Trinajstić information content (AvgIpc) is 2.10. The first-order chi connectivity index (χ1) is 8.44. The molecule has 0 aromatic carbocycles. The molecule has 112 valence electrons. The molecule has 0 fully saturated rings. The minimum Gasteiger partial charge on any atom is -0.457 e. The predicted molar refractivity (Wildman–Crippen MR) is 70.6 cm³/mol.